The summed E-state index contributed by atoms with van der Waals surface area (Å²) >= 11 is 0. The van der Waals surface area contributed by atoms with Crippen LogP contribution in [0.25, 0.3) is 0 Å². The van der Waals surface area contributed by atoms with Crippen LogP contribution in [0.1, 0.15) is 33.1 Å². The number of carbonyl (C=O) groups excluding carboxylic acids is 1. The Balaban J connectivity index is 0.00000320. The molecular formula is C21H40IN5O3. The van der Waals surface area contributed by atoms with Crippen molar-refractivity contribution in [2.45, 2.75) is 45.3 Å². The molecule has 30 heavy (non-hydrogen) atoms. The number of carbonyl (C=O) groups is 1. The molecule has 1 amide bonds. The van der Waals surface area contributed by atoms with Gasteiger partial charge in [-0.25, -0.2) is 0 Å². The third-order valence-corrected chi connectivity index (χ3v) is 6.11. The van der Waals surface area contributed by atoms with E-state index < -0.39 is 0 Å². The average Bonchev–Trinajstić information content (AvgIpc) is 3.28. The standard InChI is InChI=1S/C21H39N5O3.HI/c1-17(2)15-18(24-10-13-28-14-11-24)16-23-21(22-3)26-8-6-25(7-9-26)20(27)19-5-4-12-29-19;/h17-19H,4-16H2,1-3H3,(H,22,23);1H. The van der Waals surface area contributed by atoms with Crippen LogP contribution >= 0.6 is 24.0 Å². The summed E-state index contributed by atoms with van der Waals surface area (Å²) in [6, 6.07) is 0.484. The molecule has 3 aliphatic rings. The number of rotatable bonds is 6. The molecule has 0 spiro atoms. The quantitative estimate of drug-likeness (QED) is 0.313. The van der Waals surface area contributed by atoms with Crippen LogP contribution in [-0.2, 0) is 14.3 Å². The van der Waals surface area contributed by atoms with Gasteiger partial charge in [0.25, 0.3) is 5.91 Å². The summed E-state index contributed by atoms with van der Waals surface area (Å²) in [5.74, 6) is 1.75. The van der Waals surface area contributed by atoms with Gasteiger partial charge in [-0.3, -0.25) is 14.7 Å². The summed E-state index contributed by atoms with van der Waals surface area (Å²) in [6.45, 7) is 12.9. The van der Waals surface area contributed by atoms with Gasteiger partial charge in [-0.15, -0.1) is 24.0 Å². The SMILES string of the molecule is CN=C(NCC(CC(C)C)N1CCOCC1)N1CCN(C(=O)C2CCCO2)CC1.I. The maximum atomic E-state index is 12.6. The van der Waals surface area contributed by atoms with Crippen molar-refractivity contribution in [1.29, 1.82) is 0 Å². The minimum Gasteiger partial charge on any atom is -0.379 e. The molecule has 1 N–H and O–H groups in total. The second kappa shape index (κ2) is 13.0. The van der Waals surface area contributed by atoms with Gasteiger partial charge in [0, 0.05) is 65.5 Å². The van der Waals surface area contributed by atoms with E-state index in [1.54, 1.807) is 0 Å². The van der Waals surface area contributed by atoms with Gasteiger partial charge in [-0.05, 0) is 25.2 Å². The van der Waals surface area contributed by atoms with Crippen LogP contribution in [0.3, 0.4) is 0 Å². The largest absolute Gasteiger partial charge is 0.379 e. The first-order valence-electron chi connectivity index (χ1n) is 11.3. The topological polar surface area (TPSA) is 69.6 Å². The molecule has 0 aromatic rings. The molecule has 3 saturated heterocycles. The van der Waals surface area contributed by atoms with Crippen molar-refractivity contribution in [3.05, 3.63) is 0 Å². The first kappa shape index (κ1) is 25.6. The first-order chi connectivity index (χ1) is 14.1. The Morgan fingerprint density at radius 1 is 1.07 bits per heavy atom. The summed E-state index contributed by atoms with van der Waals surface area (Å²) in [5.41, 5.74) is 0. The fraction of sp³-hybridized carbons (Fsp3) is 0.905. The highest BCUT2D eigenvalue weighted by Crippen LogP contribution is 2.16. The highest BCUT2D eigenvalue weighted by Gasteiger charge is 2.31. The molecule has 0 saturated carbocycles. The lowest BCUT2D eigenvalue weighted by molar-refractivity contribution is -0.142. The highest BCUT2D eigenvalue weighted by molar-refractivity contribution is 14.0. The zero-order valence-electron chi connectivity index (χ0n) is 18.8. The van der Waals surface area contributed by atoms with E-state index in [1.807, 2.05) is 11.9 Å². The Labute approximate surface area is 198 Å². The monoisotopic (exact) mass is 537 g/mol. The Hall–Kier alpha value is -0.650. The number of piperazine rings is 1. The van der Waals surface area contributed by atoms with Crippen molar-refractivity contribution in [2.75, 3.05) is 72.7 Å². The van der Waals surface area contributed by atoms with Crippen molar-refractivity contribution in [3.8, 4) is 0 Å². The maximum Gasteiger partial charge on any atom is 0.251 e. The summed E-state index contributed by atoms with van der Waals surface area (Å²) in [7, 11) is 1.85. The first-order valence-corrected chi connectivity index (χ1v) is 11.3. The lowest BCUT2D eigenvalue weighted by atomic mass is 10.0. The number of hydrogen-bond donors (Lipinski definition) is 1. The normalized spacial score (nSPS) is 24.7. The van der Waals surface area contributed by atoms with Crippen molar-refractivity contribution in [2.24, 2.45) is 10.9 Å². The van der Waals surface area contributed by atoms with Crippen LogP contribution in [-0.4, -0.2) is 111 Å². The molecule has 3 aliphatic heterocycles. The van der Waals surface area contributed by atoms with Gasteiger partial charge in [-0.2, -0.15) is 0 Å². The van der Waals surface area contributed by atoms with E-state index in [9.17, 15) is 4.79 Å². The predicted molar refractivity (Wildman–Crippen MR) is 130 cm³/mol. The molecule has 0 aliphatic carbocycles. The molecular weight excluding hydrogens is 497 g/mol. The molecule has 174 valence electrons. The van der Waals surface area contributed by atoms with Gasteiger partial charge in [0.15, 0.2) is 5.96 Å². The van der Waals surface area contributed by atoms with Gasteiger partial charge in [0.05, 0.1) is 13.2 Å². The van der Waals surface area contributed by atoms with E-state index >= 15 is 0 Å². The fourth-order valence-corrected chi connectivity index (χ4v) is 4.50. The number of nitrogens with one attached hydrogen (secondary N) is 1. The zero-order chi connectivity index (χ0) is 20.6. The fourth-order valence-electron chi connectivity index (χ4n) is 4.50. The summed E-state index contributed by atoms with van der Waals surface area (Å²) < 4.78 is 11.1. The Bertz CT molecular complexity index is 543. The molecule has 2 atom stereocenters. The molecule has 3 rings (SSSR count). The Kier molecular flexibility index (Phi) is 11.1. The number of guanidine groups is 1. The summed E-state index contributed by atoms with van der Waals surface area (Å²) in [4.78, 5) is 23.8. The van der Waals surface area contributed by atoms with E-state index in [1.165, 1.54) is 0 Å². The van der Waals surface area contributed by atoms with Crippen molar-refractivity contribution >= 4 is 35.8 Å². The lowest BCUT2D eigenvalue weighted by Crippen LogP contribution is -2.57. The molecule has 3 fully saturated rings. The molecule has 0 aromatic heterocycles. The number of halogens is 1. The lowest BCUT2D eigenvalue weighted by Gasteiger charge is -2.39. The minimum absolute atomic E-state index is 0. The van der Waals surface area contributed by atoms with Gasteiger partial charge in [0.2, 0.25) is 0 Å². The van der Waals surface area contributed by atoms with Gasteiger partial charge in [-0.1, -0.05) is 13.8 Å². The molecule has 9 heteroatoms. The van der Waals surface area contributed by atoms with Crippen molar-refractivity contribution in [1.82, 2.24) is 20.0 Å². The van der Waals surface area contributed by atoms with Crippen LogP contribution in [0.15, 0.2) is 4.99 Å². The van der Waals surface area contributed by atoms with E-state index in [2.05, 4.69) is 34.0 Å². The van der Waals surface area contributed by atoms with Crippen LogP contribution in [0.5, 0.6) is 0 Å². The molecule has 3 heterocycles. The Morgan fingerprint density at radius 3 is 2.30 bits per heavy atom. The number of amides is 1. The van der Waals surface area contributed by atoms with Crippen LogP contribution in [0.4, 0.5) is 0 Å². The number of nitrogens with zero attached hydrogens (tertiary/aromatic N) is 4. The smallest absolute Gasteiger partial charge is 0.251 e. The maximum absolute atomic E-state index is 12.6. The predicted octanol–water partition coefficient (Wildman–Crippen LogP) is 1.25. The van der Waals surface area contributed by atoms with E-state index in [0.29, 0.717) is 18.6 Å². The number of hydrogen-bond acceptors (Lipinski definition) is 5. The molecule has 2 unspecified atom stereocenters. The van der Waals surface area contributed by atoms with Crippen LogP contribution in [0, 0.1) is 5.92 Å². The minimum atomic E-state index is -0.218. The summed E-state index contributed by atoms with van der Waals surface area (Å²) in [6.07, 6.45) is 2.80. The average molecular weight is 537 g/mol. The molecule has 0 aromatic carbocycles. The van der Waals surface area contributed by atoms with Gasteiger partial charge in [0.1, 0.15) is 6.10 Å². The second-order valence-corrected chi connectivity index (χ2v) is 8.67. The second-order valence-electron chi connectivity index (χ2n) is 8.67. The highest BCUT2D eigenvalue weighted by atomic mass is 127. The molecule has 8 nitrogen and oxygen atoms in total. The van der Waals surface area contributed by atoms with Crippen LogP contribution < -0.4 is 5.32 Å². The molecule has 0 bridgehead atoms. The number of aliphatic imine (C=N–C) groups is 1. The third kappa shape index (κ3) is 7.20. The van der Waals surface area contributed by atoms with E-state index in [4.69, 9.17) is 9.47 Å². The molecule has 0 radical (unpaired) electrons. The Morgan fingerprint density at radius 2 is 1.73 bits per heavy atom. The van der Waals surface area contributed by atoms with Crippen molar-refractivity contribution in [3.63, 3.8) is 0 Å². The van der Waals surface area contributed by atoms with Gasteiger partial charge >= 0.3 is 0 Å². The van der Waals surface area contributed by atoms with Gasteiger partial charge < -0.3 is 24.6 Å². The third-order valence-electron chi connectivity index (χ3n) is 6.11. The van der Waals surface area contributed by atoms with Crippen molar-refractivity contribution < 1.29 is 14.3 Å². The summed E-state index contributed by atoms with van der Waals surface area (Å²) in [5, 5.41) is 3.61. The number of ether oxygens (including phenoxy) is 2. The zero-order valence-corrected chi connectivity index (χ0v) is 21.2. The van der Waals surface area contributed by atoms with Crippen LogP contribution in [0.2, 0.25) is 0 Å². The van der Waals surface area contributed by atoms with E-state index in [-0.39, 0.29) is 36.0 Å². The van der Waals surface area contributed by atoms with E-state index in [0.717, 1.165) is 84.2 Å². The number of morpholine rings is 1.